The largest absolute Gasteiger partial charge is 0.479 e. The van der Waals surface area contributed by atoms with Crippen molar-refractivity contribution in [3.8, 4) is 0 Å². The number of aliphatic hydroxyl groups excluding tert-OH is 6. The Labute approximate surface area is 335 Å². The molecule has 14 heteroatoms. The van der Waals surface area contributed by atoms with Gasteiger partial charge in [-0.2, -0.15) is 0 Å². The molecule has 322 valence electrons. The first-order chi connectivity index (χ1) is 26.4. The highest BCUT2D eigenvalue weighted by atomic mass is 16.7. The average molecular weight is 807 g/mol. The van der Waals surface area contributed by atoms with Crippen molar-refractivity contribution in [2.45, 2.75) is 162 Å². The molecule has 7 N–H and O–H groups in total. The summed E-state index contributed by atoms with van der Waals surface area (Å²) >= 11 is 0. The summed E-state index contributed by atoms with van der Waals surface area (Å²) in [6.07, 6.45) is -4.98. The van der Waals surface area contributed by atoms with E-state index in [9.17, 15) is 50.1 Å². The molecule has 0 aromatic heterocycles. The van der Waals surface area contributed by atoms with E-state index >= 15 is 0 Å². The molecule has 1 aliphatic heterocycles. The lowest BCUT2D eigenvalue weighted by atomic mass is 9.33. The molecule has 14 nitrogen and oxygen atoms in total. The molecule has 0 aromatic carbocycles. The second-order valence-corrected chi connectivity index (χ2v) is 20.0. The molecule has 1 unspecified atom stereocenters. The van der Waals surface area contributed by atoms with Crippen LogP contribution in [0.4, 0.5) is 0 Å². The van der Waals surface area contributed by atoms with Gasteiger partial charge in [-0.1, -0.05) is 59.3 Å². The third-order valence-electron chi connectivity index (χ3n) is 16.8. The number of carboxylic acids is 1. The fraction of sp³-hybridized carbons (Fsp3) is 0.837. The van der Waals surface area contributed by atoms with Crippen LogP contribution < -0.4 is 0 Å². The summed E-state index contributed by atoms with van der Waals surface area (Å²) in [6.45, 7) is 16.8. The standard InChI is InChI=1S/C43H66O14/c1-10-21(2)36(53)57-34-33(50)43(20-54-22(3)45)24(17-38(34,4)5)23-11-12-26-39(6)15-14-28(55-37-31(49)29(47)30(48)32(56-37)35(51)52)40(7,19-44)25(39)13-16-41(26,8)42(23,9)18-27(43)46/h10-11,24-34,37,44,46-50H,12-20H2,1-9H3,(H,51,52)/b21-10-/t24-,25+,26+,27-,28-,29-,30-,31+,32-,33-,34-,37+,39-,40?,41+,42+,43-/m0/s1. The smallest absolute Gasteiger partial charge is 0.335 e. The van der Waals surface area contributed by atoms with E-state index in [1.807, 2.05) is 20.8 Å². The summed E-state index contributed by atoms with van der Waals surface area (Å²) in [5, 5.41) is 77.3. The van der Waals surface area contributed by atoms with Crippen LogP contribution in [0.3, 0.4) is 0 Å². The number of carbonyl (C=O) groups is 3. The number of aliphatic carboxylic acids is 1. The normalized spacial score (nSPS) is 49.2. The molecule has 5 fully saturated rings. The molecule has 0 bridgehead atoms. The van der Waals surface area contributed by atoms with E-state index in [0.717, 1.165) is 12.0 Å². The van der Waals surface area contributed by atoms with Crippen molar-refractivity contribution in [2.24, 2.45) is 50.2 Å². The van der Waals surface area contributed by atoms with Crippen LogP contribution in [0.25, 0.3) is 0 Å². The maximum Gasteiger partial charge on any atom is 0.335 e. The average Bonchev–Trinajstić information content (AvgIpc) is 3.13. The van der Waals surface area contributed by atoms with E-state index in [2.05, 4.69) is 26.8 Å². The molecule has 0 aromatic rings. The Hall–Kier alpha value is -2.43. The molecule has 0 radical (unpaired) electrons. The first kappa shape index (κ1) is 44.1. The molecule has 4 saturated carbocycles. The number of allylic oxidation sites excluding steroid dienone is 3. The zero-order valence-corrected chi connectivity index (χ0v) is 34.9. The number of ether oxygens (including phenoxy) is 4. The third kappa shape index (κ3) is 6.45. The predicted octanol–water partition coefficient (Wildman–Crippen LogP) is 3.03. The van der Waals surface area contributed by atoms with Crippen molar-refractivity contribution in [1.82, 2.24) is 0 Å². The summed E-state index contributed by atoms with van der Waals surface area (Å²) in [5.41, 5.74) is -2.67. The molecule has 0 amide bonds. The Morgan fingerprint density at radius 3 is 2.18 bits per heavy atom. The first-order valence-corrected chi connectivity index (χ1v) is 20.6. The minimum absolute atomic E-state index is 0.0834. The lowest BCUT2D eigenvalue weighted by Gasteiger charge is -2.72. The number of esters is 2. The van der Waals surface area contributed by atoms with Crippen LogP contribution in [0.5, 0.6) is 0 Å². The molecular formula is C43H66O14. The monoisotopic (exact) mass is 806 g/mol. The highest BCUT2D eigenvalue weighted by molar-refractivity contribution is 5.87. The predicted molar refractivity (Wildman–Crippen MR) is 204 cm³/mol. The number of hydrogen-bond acceptors (Lipinski definition) is 13. The summed E-state index contributed by atoms with van der Waals surface area (Å²) in [4.78, 5) is 37.3. The van der Waals surface area contributed by atoms with Gasteiger partial charge in [-0.25, -0.2) is 9.59 Å². The second kappa shape index (κ2) is 14.9. The van der Waals surface area contributed by atoms with Crippen LogP contribution in [0.1, 0.15) is 107 Å². The van der Waals surface area contributed by atoms with Gasteiger partial charge in [0.1, 0.15) is 37.1 Å². The van der Waals surface area contributed by atoms with Crippen LogP contribution in [0.15, 0.2) is 23.3 Å². The van der Waals surface area contributed by atoms with Crippen LogP contribution in [-0.2, 0) is 33.3 Å². The molecule has 6 aliphatic rings. The minimum Gasteiger partial charge on any atom is -0.479 e. The van der Waals surface area contributed by atoms with Gasteiger partial charge in [0.2, 0.25) is 0 Å². The van der Waals surface area contributed by atoms with Gasteiger partial charge in [-0.05, 0) is 92.8 Å². The van der Waals surface area contributed by atoms with Crippen LogP contribution >= 0.6 is 0 Å². The fourth-order valence-electron chi connectivity index (χ4n) is 13.2. The Morgan fingerprint density at radius 1 is 0.912 bits per heavy atom. The zero-order valence-electron chi connectivity index (χ0n) is 34.9. The van der Waals surface area contributed by atoms with Gasteiger partial charge in [-0.15, -0.1) is 0 Å². The Kier molecular flexibility index (Phi) is 11.6. The molecule has 1 heterocycles. The van der Waals surface area contributed by atoms with Gasteiger partial charge < -0.3 is 54.7 Å². The van der Waals surface area contributed by atoms with Crippen LogP contribution in [0.2, 0.25) is 0 Å². The highest BCUT2D eigenvalue weighted by Crippen LogP contribution is 2.76. The molecule has 6 rings (SSSR count). The maximum atomic E-state index is 13.1. The number of hydrogen-bond donors (Lipinski definition) is 7. The third-order valence-corrected chi connectivity index (χ3v) is 16.8. The van der Waals surface area contributed by atoms with E-state index < -0.39 is 101 Å². The van der Waals surface area contributed by atoms with Crippen molar-refractivity contribution < 1.29 is 69.1 Å². The zero-order chi connectivity index (χ0) is 42.4. The van der Waals surface area contributed by atoms with E-state index in [0.29, 0.717) is 37.7 Å². The molecule has 0 spiro atoms. The first-order valence-electron chi connectivity index (χ1n) is 20.6. The molecule has 5 aliphatic carbocycles. The quantitative estimate of drug-likeness (QED) is 0.0810. The van der Waals surface area contributed by atoms with Gasteiger partial charge >= 0.3 is 17.9 Å². The molecule has 17 atom stereocenters. The number of rotatable bonds is 8. The van der Waals surface area contributed by atoms with Crippen LogP contribution in [0, 0.1) is 50.2 Å². The van der Waals surface area contributed by atoms with Crippen molar-refractivity contribution in [2.75, 3.05) is 13.2 Å². The van der Waals surface area contributed by atoms with Gasteiger partial charge in [0, 0.05) is 23.3 Å². The molecule has 1 saturated heterocycles. The fourth-order valence-corrected chi connectivity index (χ4v) is 13.2. The highest BCUT2D eigenvalue weighted by Gasteiger charge is 2.73. The minimum atomic E-state index is -1.85. The summed E-state index contributed by atoms with van der Waals surface area (Å²) in [5.74, 6) is -3.00. The Bertz CT molecular complexity index is 1660. The number of fused-ring (bicyclic) bond motifs is 7. The lowest BCUT2D eigenvalue weighted by molar-refractivity contribution is -0.328. The van der Waals surface area contributed by atoms with Crippen molar-refractivity contribution in [3.63, 3.8) is 0 Å². The van der Waals surface area contributed by atoms with E-state index in [1.165, 1.54) is 6.92 Å². The number of carbonyl (C=O) groups excluding carboxylic acids is 2. The summed E-state index contributed by atoms with van der Waals surface area (Å²) in [6, 6.07) is 0. The topological polar surface area (TPSA) is 230 Å². The van der Waals surface area contributed by atoms with Gasteiger partial charge in [0.25, 0.3) is 0 Å². The number of carboxylic acid groups (broad SMARTS) is 1. The lowest BCUT2D eigenvalue weighted by Crippen LogP contribution is -2.72. The maximum absolute atomic E-state index is 13.1. The van der Waals surface area contributed by atoms with Crippen molar-refractivity contribution in [1.29, 1.82) is 0 Å². The van der Waals surface area contributed by atoms with Crippen molar-refractivity contribution >= 4 is 17.9 Å². The van der Waals surface area contributed by atoms with E-state index in [4.69, 9.17) is 18.9 Å². The number of aliphatic hydroxyl groups is 6. The summed E-state index contributed by atoms with van der Waals surface area (Å²) < 4.78 is 23.5. The van der Waals surface area contributed by atoms with Gasteiger partial charge in [0.15, 0.2) is 12.4 Å². The van der Waals surface area contributed by atoms with Crippen molar-refractivity contribution in [3.05, 3.63) is 23.3 Å². The molecular weight excluding hydrogens is 740 g/mol. The second-order valence-electron chi connectivity index (χ2n) is 20.0. The van der Waals surface area contributed by atoms with E-state index in [1.54, 1.807) is 19.9 Å². The van der Waals surface area contributed by atoms with Gasteiger partial charge in [0.05, 0.1) is 24.2 Å². The molecule has 57 heavy (non-hydrogen) atoms. The van der Waals surface area contributed by atoms with Crippen LogP contribution in [-0.4, -0.2) is 122 Å². The Balaban J connectivity index is 1.35. The Morgan fingerprint density at radius 2 is 1.58 bits per heavy atom. The van der Waals surface area contributed by atoms with Gasteiger partial charge in [-0.3, -0.25) is 4.79 Å². The SMILES string of the molecule is C/C=C(/C)C(=O)O[C@H]1[C@H](O)[C@]2(COC(C)=O)[C@@H](O)C[C@]3(C)C(=CC[C@@H]4[C@@]5(C)CC[C@H](O[C@@H]6O[C@H](C(=O)O)[C@@H](O)[C@H](O)[C@H]6O)C(C)(CO)[C@@H]5CC[C@]43C)[C@@H]2CC1(C)C. The van der Waals surface area contributed by atoms with E-state index in [-0.39, 0.29) is 42.3 Å². The summed E-state index contributed by atoms with van der Waals surface area (Å²) in [7, 11) is 0.